The number of halogens is 1. The van der Waals surface area contributed by atoms with E-state index < -0.39 is 11.8 Å². The minimum Gasteiger partial charge on any atom is -0.486 e. The standard InChI is InChI=1S/C14H15FN2O3/c1-3-17-11(6-9(2)16-17)8-20-13-7-10(15)4-5-12(13)14(18)19/h4-7H,3,8H2,1-2H3,(H,18,19). The number of benzene rings is 1. The predicted octanol–water partition coefficient (Wildman–Crippen LogP) is 2.63. The molecular formula is C14H15FN2O3. The summed E-state index contributed by atoms with van der Waals surface area (Å²) >= 11 is 0. The highest BCUT2D eigenvalue weighted by molar-refractivity contribution is 5.90. The summed E-state index contributed by atoms with van der Waals surface area (Å²) < 4.78 is 20.4. The van der Waals surface area contributed by atoms with Crippen molar-refractivity contribution in [2.24, 2.45) is 0 Å². The molecule has 1 aromatic carbocycles. The molecule has 1 aromatic heterocycles. The minimum absolute atomic E-state index is 0.0130. The summed E-state index contributed by atoms with van der Waals surface area (Å²) in [5, 5.41) is 13.3. The lowest BCUT2D eigenvalue weighted by atomic mass is 10.2. The molecule has 0 spiro atoms. The quantitative estimate of drug-likeness (QED) is 0.913. The molecule has 0 aliphatic rings. The van der Waals surface area contributed by atoms with Crippen LogP contribution in [0, 0.1) is 12.7 Å². The van der Waals surface area contributed by atoms with E-state index in [1.165, 1.54) is 6.07 Å². The molecule has 0 fully saturated rings. The van der Waals surface area contributed by atoms with E-state index in [1.807, 2.05) is 19.9 Å². The molecule has 0 saturated heterocycles. The van der Waals surface area contributed by atoms with Gasteiger partial charge in [-0.05, 0) is 32.0 Å². The van der Waals surface area contributed by atoms with E-state index in [1.54, 1.807) is 4.68 Å². The Labute approximate surface area is 115 Å². The molecule has 2 aromatic rings. The van der Waals surface area contributed by atoms with Crippen LogP contribution in [0.15, 0.2) is 24.3 Å². The van der Waals surface area contributed by atoms with E-state index in [0.29, 0.717) is 6.54 Å². The van der Waals surface area contributed by atoms with Gasteiger partial charge in [-0.2, -0.15) is 5.10 Å². The molecule has 1 heterocycles. The van der Waals surface area contributed by atoms with Crippen molar-refractivity contribution >= 4 is 5.97 Å². The lowest BCUT2D eigenvalue weighted by Crippen LogP contribution is -2.08. The second-order valence-electron chi connectivity index (χ2n) is 4.33. The van der Waals surface area contributed by atoms with Crippen molar-refractivity contribution in [3.05, 3.63) is 47.0 Å². The van der Waals surface area contributed by atoms with E-state index in [0.717, 1.165) is 23.5 Å². The van der Waals surface area contributed by atoms with Crippen LogP contribution in [0.4, 0.5) is 4.39 Å². The van der Waals surface area contributed by atoms with Gasteiger partial charge in [0.1, 0.15) is 23.7 Å². The van der Waals surface area contributed by atoms with Crippen LogP contribution >= 0.6 is 0 Å². The van der Waals surface area contributed by atoms with Gasteiger partial charge in [-0.3, -0.25) is 4.68 Å². The van der Waals surface area contributed by atoms with Gasteiger partial charge in [0, 0.05) is 12.6 Å². The van der Waals surface area contributed by atoms with Crippen LogP contribution in [0.25, 0.3) is 0 Å². The van der Waals surface area contributed by atoms with Crippen LogP contribution < -0.4 is 4.74 Å². The number of hydrogen-bond acceptors (Lipinski definition) is 3. The summed E-state index contributed by atoms with van der Waals surface area (Å²) in [5.74, 6) is -1.68. The molecule has 0 radical (unpaired) electrons. The highest BCUT2D eigenvalue weighted by Gasteiger charge is 2.13. The average molecular weight is 278 g/mol. The maximum Gasteiger partial charge on any atom is 0.339 e. The van der Waals surface area contributed by atoms with Crippen LogP contribution in [0.3, 0.4) is 0 Å². The summed E-state index contributed by atoms with van der Waals surface area (Å²) in [6.45, 7) is 4.63. The number of hydrogen-bond donors (Lipinski definition) is 1. The monoisotopic (exact) mass is 278 g/mol. The third-order valence-corrected chi connectivity index (χ3v) is 2.83. The van der Waals surface area contributed by atoms with Gasteiger partial charge in [0.05, 0.1) is 11.4 Å². The summed E-state index contributed by atoms with van der Waals surface area (Å²) in [6, 6.07) is 5.21. The Bertz CT molecular complexity index is 637. The Morgan fingerprint density at radius 2 is 2.20 bits per heavy atom. The van der Waals surface area contributed by atoms with Crippen LogP contribution in [-0.2, 0) is 13.2 Å². The summed E-state index contributed by atoms with van der Waals surface area (Å²) in [6.07, 6.45) is 0. The molecule has 20 heavy (non-hydrogen) atoms. The Hall–Kier alpha value is -2.37. The molecule has 106 valence electrons. The Balaban J connectivity index is 2.22. The van der Waals surface area contributed by atoms with E-state index in [2.05, 4.69) is 5.10 Å². The third-order valence-electron chi connectivity index (χ3n) is 2.83. The molecule has 0 unspecified atom stereocenters. The smallest absolute Gasteiger partial charge is 0.339 e. The van der Waals surface area contributed by atoms with Gasteiger partial charge in [-0.15, -0.1) is 0 Å². The molecule has 0 bridgehead atoms. The van der Waals surface area contributed by atoms with Crippen LogP contribution in [-0.4, -0.2) is 20.9 Å². The van der Waals surface area contributed by atoms with Crippen molar-refractivity contribution in [2.75, 3.05) is 0 Å². The zero-order valence-corrected chi connectivity index (χ0v) is 11.3. The average Bonchev–Trinajstić information content (AvgIpc) is 2.76. The SMILES string of the molecule is CCn1nc(C)cc1COc1cc(F)ccc1C(=O)O. The normalized spacial score (nSPS) is 10.6. The number of carboxylic acid groups (broad SMARTS) is 1. The maximum absolute atomic E-state index is 13.2. The second kappa shape index (κ2) is 5.73. The first-order chi connectivity index (χ1) is 9.51. The number of aryl methyl sites for hydroxylation is 2. The van der Waals surface area contributed by atoms with E-state index >= 15 is 0 Å². The lowest BCUT2D eigenvalue weighted by Gasteiger charge is -2.10. The van der Waals surface area contributed by atoms with Crippen LogP contribution in [0.2, 0.25) is 0 Å². The van der Waals surface area contributed by atoms with Gasteiger partial charge in [0.25, 0.3) is 0 Å². The fourth-order valence-electron chi connectivity index (χ4n) is 1.93. The second-order valence-corrected chi connectivity index (χ2v) is 4.33. The number of aromatic carboxylic acids is 1. The number of ether oxygens (including phenoxy) is 1. The highest BCUT2D eigenvalue weighted by atomic mass is 19.1. The van der Waals surface area contributed by atoms with Crippen molar-refractivity contribution in [2.45, 2.75) is 27.0 Å². The van der Waals surface area contributed by atoms with Gasteiger partial charge in [-0.1, -0.05) is 0 Å². The Kier molecular flexibility index (Phi) is 4.02. The first-order valence-corrected chi connectivity index (χ1v) is 6.20. The highest BCUT2D eigenvalue weighted by Crippen LogP contribution is 2.21. The maximum atomic E-state index is 13.2. The van der Waals surface area contributed by atoms with Gasteiger partial charge < -0.3 is 9.84 Å². The van der Waals surface area contributed by atoms with Gasteiger partial charge in [0.2, 0.25) is 0 Å². The fraction of sp³-hybridized carbons (Fsp3) is 0.286. The lowest BCUT2D eigenvalue weighted by molar-refractivity contribution is 0.0691. The van der Waals surface area contributed by atoms with E-state index in [9.17, 15) is 9.18 Å². The Morgan fingerprint density at radius 3 is 2.85 bits per heavy atom. The molecule has 1 N–H and O–H groups in total. The Morgan fingerprint density at radius 1 is 1.45 bits per heavy atom. The fourth-order valence-corrected chi connectivity index (χ4v) is 1.93. The molecule has 0 saturated carbocycles. The number of carbonyl (C=O) groups is 1. The molecule has 0 aliphatic heterocycles. The number of nitrogens with zero attached hydrogens (tertiary/aromatic N) is 2. The number of aromatic nitrogens is 2. The molecule has 0 atom stereocenters. The van der Waals surface area contributed by atoms with Crippen molar-refractivity contribution in [1.29, 1.82) is 0 Å². The summed E-state index contributed by atoms with van der Waals surface area (Å²) in [7, 11) is 0. The van der Waals surface area contributed by atoms with Crippen molar-refractivity contribution in [1.82, 2.24) is 9.78 Å². The third kappa shape index (κ3) is 2.96. The molecule has 0 aliphatic carbocycles. The van der Waals surface area contributed by atoms with Crippen molar-refractivity contribution in [3.63, 3.8) is 0 Å². The molecule has 6 heteroatoms. The molecule has 5 nitrogen and oxygen atoms in total. The van der Waals surface area contributed by atoms with E-state index in [-0.39, 0.29) is 17.9 Å². The van der Waals surface area contributed by atoms with Gasteiger partial charge >= 0.3 is 5.97 Å². The van der Waals surface area contributed by atoms with Gasteiger partial charge in [0.15, 0.2) is 0 Å². The zero-order chi connectivity index (χ0) is 14.7. The van der Waals surface area contributed by atoms with Crippen LogP contribution in [0.5, 0.6) is 5.75 Å². The largest absolute Gasteiger partial charge is 0.486 e. The van der Waals surface area contributed by atoms with Crippen LogP contribution in [0.1, 0.15) is 28.7 Å². The van der Waals surface area contributed by atoms with Crippen molar-refractivity contribution in [3.8, 4) is 5.75 Å². The topological polar surface area (TPSA) is 64.4 Å². The minimum atomic E-state index is -1.15. The number of carboxylic acids is 1. The van der Waals surface area contributed by atoms with Gasteiger partial charge in [-0.25, -0.2) is 9.18 Å². The molecule has 0 amide bonds. The molecular weight excluding hydrogens is 263 g/mol. The molecule has 2 rings (SSSR count). The summed E-state index contributed by atoms with van der Waals surface area (Å²) in [4.78, 5) is 11.1. The van der Waals surface area contributed by atoms with Crippen molar-refractivity contribution < 1.29 is 19.0 Å². The summed E-state index contributed by atoms with van der Waals surface area (Å²) in [5.41, 5.74) is 1.60. The zero-order valence-electron chi connectivity index (χ0n) is 11.3. The first kappa shape index (κ1) is 14.0. The number of rotatable bonds is 5. The first-order valence-electron chi connectivity index (χ1n) is 6.20. The van der Waals surface area contributed by atoms with E-state index in [4.69, 9.17) is 9.84 Å². The predicted molar refractivity (Wildman–Crippen MR) is 70.3 cm³/mol.